The Bertz CT molecular complexity index is 372. The molecule has 1 heterocycles. The van der Waals surface area contributed by atoms with Gasteiger partial charge in [0.15, 0.2) is 0 Å². The summed E-state index contributed by atoms with van der Waals surface area (Å²) in [6.45, 7) is 1.71. The lowest BCUT2D eigenvalue weighted by atomic mass is 10.1. The number of carbonyl (C=O) groups is 1. The summed E-state index contributed by atoms with van der Waals surface area (Å²) in [4.78, 5) is 13.0. The molecule has 1 saturated heterocycles. The van der Waals surface area contributed by atoms with E-state index < -0.39 is 5.97 Å². The molecular weight excluding hydrogens is 194 g/mol. The van der Waals surface area contributed by atoms with Gasteiger partial charge in [-0.15, -0.1) is 0 Å². The van der Waals surface area contributed by atoms with Crippen LogP contribution in [0.15, 0.2) is 24.3 Å². The fourth-order valence-electron chi connectivity index (χ4n) is 1.64. The molecule has 1 aromatic rings. The fraction of sp³-hybridized carbons (Fsp3) is 0.364. The lowest BCUT2D eigenvalue weighted by Gasteiger charge is -2.36. The second kappa shape index (κ2) is 3.90. The van der Waals surface area contributed by atoms with Gasteiger partial charge in [0, 0.05) is 13.1 Å². The van der Waals surface area contributed by atoms with Crippen LogP contribution < -0.4 is 4.74 Å². The van der Waals surface area contributed by atoms with Gasteiger partial charge < -0.3 is 9.84 Å². The number of aromatic carboxylic acids is 1. The molecule has 0 aliphatic carbocycles. The number of para-hydroxylation sites is 1. The zero-order chi connectivity index (χ0) is 10.8. The number of benzene rings is 1. The van der Waals surface area contributed by atoms with Crippen LogP contribution >= 0.6 is 0 Å². The van der Waals surface area contributed by atoms with Gasteiger partial charge in [0.25, 0.3) is 0 Å². The first-order valence-electron chi connectivity index (χ1n) is 4.84. The average molecular weight is 207 g/mol. The normalized spacial score (nSPS) is 17.1. The minimum Gasteiger partial charge on any atom is -0.487 e. The Kier molecular flexibility index (Phi) is 2.60. The van der Waals surface area contributed by atoms with Gasteiger partial charge in [0.05, 0.1) is 0 Å². The van der Waals surface area contributed by atoms with Crippen molar-refractivity contribution in [1.82, 2.24) is 4.90 Å². The van der Waals surface area contributed by atoms with Gasteiger partial charge >= 0.3 is 5.97 Å². The summed E-state index contributed by atoms with van der Waals surface area (Å²) >= 11 is 0. The molecule has 0 saturated carbocycles. The van der Waals surface area contributed by atoms with Crippen molar-refractivity contribution < 1.29 is 14.6 Å². The molecule has 2 rings (SSSR count). The molecule has 0 amide bonds. The molecule has 1 N–H and O–H groups in total. The summed E-state index contributed by atoms with van der Waals surface area (Å²) in [5.41, 5.74) is 0.229. The molecule has 0 unspecified atom stereocenters. The van der Waals surface area contributed by atoms with Crippen molar-refractivity contribution in [2.45, 2.75) is 6.10 Å². The summed E-state index contributed by atoms with van der Waals surface area (Å²) in [5.74, 6) is -0.485. The van der Waals surface area contributed by atoms with Crippen LogP contribution in [0.25, 0.3) is 0 Å². The average Bonchev–Trinajstić information content (AvgIpc) is 2.16. The van der Waals surface area contributed by atoms with Gasteiger partial charge in [-0.1, -0.05) is 12.1 Å². The number of carboxylic acid groups (broad SMARTS) is 1. The number of likely N-dealkylation sites (N-methyl/N-ethyl adjacent to an activating group) is 1. The molecule has 80 valence electrons. The number of hydrogen-bond acceptors (Lipinski definition) is 3. The maximum Gasteiger partial charge on any atom is 0.339 e. The van der Waals surface area contributed by atoms with Crippen LogP contribution in [0.5, 0.6) is 5.75 Å². The van der Waals surface area contributed by atoms with E-state index in [-0.39, 0.29) is 11.7 Å². The standard InChI is InChI=1S/C11H13NO3/c1-12-6-8(7-12)15-10-5-3-2-4-9(10)11(13)14/h2-5,8H,6-7H2,1H3,(H,13,14). The lowest BCUT2D eigenvalue weighted by molar-refractivity contribution is 0.0370. The van der Waals surface area contributed by atoms with Crippen LogP contribution in [0.1, 0.15) is 10.4 Å². The first kappa shape index (κ1) is 9.98. The largest absolute Gasteiger partial charge is 0.487 e. The van der Waals surface area contributed by atoms with Gasteiger partial charge in [-0.2, -0.15) is 0 Å². The Labute approximate surface area is 88.1 Å². The lowest BCUT2D eigenvalue weighted by Crippen LogP contribution is -2.51. The van der Waals surface area contributed by atoms with E-state index in [0.29, 0.717) is 5.75 Å². The summed E-state index contributed by atoms with van der Waals surface area (Å²) in [6, 6.07) is 6.73. The molecular formula is C11H13NO3. The van der Waals surface area contributed by atoms with E-state index in [2.05, 4.69) is 4.90 Å². The maximum atomic E-state index is 10.9. The highest BCUT2D eigenvalue weighted by atomic mass is 16.5. The quantitative estimate of drug-likeness (QED) is 0.805. The minimum absolute atomic E-state index is 0.121. The Morgan fingerprint density at radius 1 is 1.47 bits per heavy atom. The van der Waals surface area contributed by atoms with E-state index >= 15 is 0 Å². The number of carboxylic acids is 1. The van der Waals surface area contributed by atoms with Gasteiger partial charge in [-0.05, 0) is 19.2 Å². The monoisotopic (exact) mass is 207 g/mol. The highest BCUT2D eigenvalue weighted by Gasteiger charge is 2.26. The highest BCUT2D eigenvalue weighted by molar-refractivity contribution is 5.90. The third-order valence-electron chi connectivity index (χ3n) is 2.44. The molecule has 0 aromatic heterocycles. The second-order valence-corrected chi connectivity index (χ2v) is 3.76. The summed E-state index contributed by atoms with van der Waals surface area (Å²) in [6.07, 6.45) is 0.121. The van der Waals surface area contributed by atoms with E-state index in [4.69, 9.17) is 9.84 Å². The van der Waals surface area contributed by atoms with Gasteiger partial charge in [-0.25, -0.2) is 4.79 Å². The van der Waals surface area contributed by atoms with Crippen molar-refractivity contribution in [2.24, 2.45) is 0 Å². The fourth-order valence-corrected chi connectivity index (χ4v) is 1.64. The van der Waals surface area contributed by atoms with E-state index in [1.807, 2.05) is 7.05 Å². The highest BCUT2D eigenvalue weighted by Crippen LogP contribution is 2.21. The Hall–Kier alpha value is -1.55. The SMILES string of the molecule is CN1CC(Oc2ccccc2C(=O)O)C1. The second-order valence-electron chi connectivity index (χ2n) is 3.76. The topological polar surface area (TPSA) is 49.8 Å². The third-order valence-corrected chi connectivity index (χ3v) is 2.44. The van der Waals surface area contributed by atoms with Gasteiger partial charge in [-0.3, -0.25) is 4.90 Å². The first-order valence-corrected chi connectivity index (χ1v) is 4.84. The van der Waals surface area contributed by atoms with Crippen LogP contribution in [0.3, 0.4) is 0 Å². The Morgan fingerprint density at radius 3 is 2.73 bits per heavy atom. The Balaban J connectivity index is 2.10. The van der Waals surface area contributed by atoms with Crippen molar-refractivity contribution in [2.75, 3.05) is 20.1 Å². The molecule has 0 bridgehead atoms. The van der Waals surface area contributed by atoms with Crippen LogP contribution in [-0.4, -0.2) is 42.2 Å². The summed E-state index contributed by atoms with van der Waals surface area (Å²) < 4.78 is 5.59. The Morgan fingerprint density at radius 2 is 2.13 bits per heavy atom. The predicted octanol–water partition coefficient (Wildman–Crippen LogP) is 1.08. The number of likely N-dealkylation sites (tertiary alicyclic amines) is 1. The molecule has 1 aromatic carbocycles. The van der Waals surface area contributed by atoms with E-state index in [0.717, 1.165) is 13.1 Å². The van der Waals surface area contributed by atoms with Crippen LogP contribution in [0.2, 0.25) is 0 Å². The molecule has 15 heavy (non-hydrogen) atoms. The van der Waals surface area contributed by atoms with Crippen molar-refractivity contribution in [3.63, 3.8) is 0 Å². The molecule has 1 fully saturated rings. The van der Waals surface area contributed by atoms with Crippen molar-refractivity contribution in [3.8, 4) is 5.75 Å². The molecule has 4 nitrogen and oxygen atoms in total. The molecule has 0 atom stereocenters. The molecule has 0 spiro atoms. The van der Waals surface area contributed by atoms with Crippen molar-refractivity contribution >= 4 is 5.97 Å². The van der Waals surface area contributed by atoms with E-state index in [1.54, 1.807) is 24.3 Å². The van der Waals surface area contributed by atoms with Crippen LogP contribution in [0.4, 0.5) is 0 Å². The molecule has 1 aliphatic rings. The van der Waals surface area contributed by atoms with E-state index in [1.165, 1.54) is 0 Å². The first-order chi connectivity index (χ1) is 7.16. The van der Waals surface area contributed by atoms with Gasteiger partial charge in [0.1, 0.15) is 17.4 Å². The van der Waals surface area contributed by atoms with Crippen molar-refractivity contribution in [3.05, 3.63) is 29.8 Å². The number of ether oxygens (including phenoxy) is 1. The zero-order valence-electron chi connectivity index (χ0n) is 8.51. The van der Waals surface area contributed by atoms with Crippen LogP contribution in [-0.2, 0) is 0 Å². The van der Waals surface area contributed by atoms with Gasteiger partial charge in [0.2, 0.25) is 0 Å². The molecule has 0 radical (unpaired) electrons. The minimum atomic E-state index is -0.946. The predicted molar refractivity (Wildman–Crippen MR) is 55.3 cm³/mol. The number of rotatable bonds is 3. The number of hydrogen-bond donors (Lipinski definition) is 1. The zero-order valence-corrected chi connectivity index (χ0v) is 8.51. The van der Waals surface area contributed by atoms with E-state index in [9.17, 15) is 4.79 Å². The number of nitrogens with zero attached hydrogens (tertiary/aromatic N) is 1. The molecule has 4 heteroatoms. The summed E-state index contributed by atoms with van der Waals surface area (Å²) in [5, 5.41) is 8.93. The maximum absolute atomic E-state index is 10.9. The molecule has 1 aliphatic heterocycles. The summed E-state index contributed by atoms with van der Waals surface area (Å²) in [7, 11) is 2.00. The van der Waals surface area contributed by atoms with Crippen molar-refractivity contribution in [1.29, 1.82) is 0 Å². The smallest absolute Gasteiger partial charge is 0.339 e. The third kappa shape index (κ3) is 2.10. The van der Waals surface area contributed by atoms with Crippen LogP contribution in [0, 0.1) is 0 Å².